The zero-order valence-corrected chi connectivity index (χ0v) is 16.1. The molecule has 8 heteroatoms. The number of piperidine rings is 1. The van der Waals surface area contributed by atoms with Gasteiger partial charge in [-0.3, -0.25) is 4.79 Å². The lowest BCUT2D eigenvalue weighted by Gasteiger charge is -2.30. The number of nitrogens with zero attached hydrogens (tertiary/aromatic N) is 1. The fraction of sp³-hybridized carbons (Fsp3) is 0.316. The van der Waals surface area contributed by atoms with Crippen LogP contribution in [0.25, 0.3) is 0 Å². The van der Waals surface area contributed by atoms with E-state index in [4.69, 9.17) is 11.6 Å². The van der Waals surface area contributed by atoms with Gasteiger partial charge in [-0.15, -0.1) is 0 Å². The summed E-state index contributed by atoms with van der Waals surface area (Å²) in [6.07, 6.45) is 0.853. The number of sulfonamides is 1. The molecule has 0 radical (unpaired) electrons. The van der Waals surface area contributed by atoms with E-state index in [0.29, 0.717) is 23.6 Å². The van der Waals surface area contributed by atoms with Crippen molar-refractivity contribution in [2.75, 3.05) is 18.4 Å². The molecule has 5 nitrogen and oxygen atoms in total. The van der Waals surface area contributed by atoms with Crippen molar-refractivity contribution >= 4 is 33.2 Å². The van der Waals surface area contributed by atoms with Crippen molar-refractivity contribution in [3.63, 3.8) is 0 Å². The van der Waals surface area contributed by atoms with E-state index in [1.165, 1.54) is 22.5 Å². The van der Waals surface area contributed by atoms with E-state index in [2.05, 4.69) is 5.32 Å². The Morgan fingerprint density at radius 2 is 1.74 bits per heavy atom. The third kappa shape index (κ3) is 5.06. The molecule has 144 valence electrons. The zero-order chi connectivity index (χ0) is 19.4. The molecule has 1 aliphatic rings. The Hall–Kier alpha value is -1.96. The number of hydrogen-bond acceptors (Lipinski definition) is 3. The molecule has 0 spiro atoms. The first-order valence-electron chi connectivity index (χ1n) is 8.63. The van der Waals surface area contributed by atoms with Gasteiger partial charge in [0.2, 0.25) is 15.9 Å². The predicted octanol–water partition coefficient (Wildman–Crippen LogP) is 3.66. The van der Waals surface area contributed by atoms with Gasteiger partial charge in [-0.25, -0.2) is 17.1 Å². The summed E-state index contributed by atoms with van der Waals surface area (Å²) in [4.78, 5) is 12.4. The van der Waals surface area contributed by atoms with E-state index in [9.17, 15) is 17.6 Å². The lowest BCUT2D eigenvalue weighted by atomic mass is 9.97. The first-order chi connectivity index (χ1) is 12.8. The first-order valence-corrected chi connectivity index (χ1v) is 10.6. The van der Waals surface area contributed by atoms with Gasteiger partial charge in [0, 0.05) is 35.3 Å². The van der Waals surface area contributed by atoms with Gasteiger partial charge in [-0.1, -0.05) is 29.8 Å². The second-order valence-corrected chi connectivity index (χ2v) is 8.92. The quantitative estimate of drug-likeness (QED) is 0.818. The molecule has 1 aliphatic heterocycles. The van der Waals surface area contributed by atoms with Gasteiger partial charge in [-0.2, -0.15) is 0 Å². The Morgan fingerprint density at radius 3 is 2.37 bits per heavy atom. The number of carbonyl (C=O) groups is 1. The summed E-state index contributed by atoms with van der Waals surface area (Å²) in [6.45, 7) is 0.491. The molecule has 2 aromatic rings. The van der Waals surface area contributed by atoms with Crippen LogP contribution in [0.2, 0.25) is 5.02 Å². The second kappa shape index (κ2) is 8.37. The van der Waals surface area contributed by atoms with E-state index in [-0.39, 0.29) is 36.2 Å². The van der Waals surface area contributed by atoms with Crippen LogP contribution in [-0.2, 0) is 20.6 Å². The topological polar surface area (TPSA) is 66.5 Å². The number of nitrogens with one attached hydrogen (secondary N) is 1. The molecular weight excluding hydrogens is 391 g/mol. The maximum atomic E-state index is 13.7. The normalized spacial score (nSPS) is 16.2. The molecule has 3 rings (SSSR count). The highest BCUT2D eigenvalue weighted by atomic mass is 35.5. The van der Waals surface area contributed by atoms with Gasteiger partial charge in [0.1, 0.15) is 5.82 Å². The van der Waals surface area contributed by atoms with E-state index >= 15 is 0 Å². The highest BCUT2D eigenvalue weighted by Gasteiger charge is 2.31. The monoisotopic (exact) mass is 410 g/mol. The van der Waals surface area contributed by atoms with Crippen LogP contribution in [0.3, 0.4) is 0 Å². The number of hydrogen-bond donors (Lipinski definition) is 1. The highest BCUT2D eigenvalue weighted by Crippen LogP contribution is 2.24. The number of benzene rings is 2. The van der Waals surface area contributed by atoms with E-state index < -0.39 is 15.8 Å². The van der Waals surface area contributed by atoms with Gasteiger partial charge in [0.15, 0.2) is 0 Å². The molecule has 1 fully saturated rings. The Kier molecular flexibility index (Phi) is 6.14. The number of amides is 1. The standard InChI is InChI=1S/C19H20ClFN2O3S/c20-16-5-7-17(8-6-16)22-19(24)14-9-11-23(12-10-14)27(25,26)13-15-3-1-2-4-18(15)21/h1-8,14H,9-13H2,(H,22,24). The molecule has 0 atom stereocenters. The van der Waals surface area contributed by atoms with Gasteiger partial charge in [0.05, 0.1) is 5.75 Å². The molecule has 0 aliphatic carbocycles. The van der Waals surface area contributed by atoms with Crippen molar-refractivity contribution in [3.05, 3.63) is 64.9 Å². The van der Waals surface area contributed by atoms with Crippen LogP contribution >= 0.6 is 11.6 Å². The van der Waals surface area contributed by atoms with Crippen molar-refractivity contribution in [3.8, 4) is 0 Å². The van der Waals surface area contributed by atoms with Crippen molar-refractivity contribution < 1.29 is 17.6 Å². The summed E-state index contributed by atoms with van der Waals surface area (Å²) in [5, 5.41) is 3.41. The summed E-state index contributed by atoms with van der Waals surface area (Å²) in [5.41, 5.74) is 0.805. The molecule has 0 aromatic heterocycles. The second-order valence-electron chi connectivity index (χ2n) is 6.52. The molecular formula is C19H20ClFN2O3S. The van der Waals surface area contributed by atoms with Crippen LogP contribution in [0, 0.1) is 11.7 Å². The Bertz CT molecular complexity index is 911. The van der Waals surface area contributed by atoms with Crippen LogP contribution in [0.4, 0.5) is 10.1 Å². The molecule has 0 bridgehead atoms. The van der Waals surface area contributed by atoms with Crippen molar-refractivity contribution in [1.82, 2.24) is 4.31 Å². The van der Waals surface area contributed by atoms with E-state index in [1.807, 2.05) is 0 Å². The summed E-state index contributed by atoms with van der Waals surface area (Å²) in [7, 11) is -3.62. The molecule has 27 heavy (non-hydrogen) atoms. The predicted molar refractivity (Wildman–Crippen MR) is 103 cm³/mol. The fourth-order valence-electron chi connectivity index (χ4n) is 3.08. The molecule has 0 saturated carbocycles. The molecule has 1 amide bonds. The smallest absolute Gasteiger partial charge is 0.227 e. The molecule has 0 unspecified atom stereocenters. The summed E-state index contributed by atoms with van der Waals surface area (Å²) in [5.74, 6) is -1.30. The summed E-state index contributed by atoms with van der Waals surface area (Å²) >= 11 is 5.82. The molecule has 1 N–H and O–H groups in total. The van der Waals surface area contributed by atoms with Crippen LogP contribution in [0.1, 0.15) is 18.4 Å². The highest BCUT2D eigenvalue weighted by molar-refractivity contribution is 7.88. The van der Waals surface area contributed by atoms with E-state index in [1.54, 1.807) is 30.3 Å². The van der Waals surface area contributed by atoms with Crippen LogP contribution in [0.5, 0.6) is 0 Å². The Morgan fingerprint density at radius 1 is 1.11 bits per heavy atom. The maximum absolute atomic E-state index is 13.7. The van der Waals surface area contributed by atoms with Crippen molar-refractivity contribution in [1.29, 1.82) is 0 Å². The van der Waals surface area contributed by atoms with Gasteiger partial charge in [0.25, 0.3) is 0 Å². The Balaban J connectivity index is 1.57. The lowest BCUT2D eigenvalue weighted by Crippen LogP contribution is -2.42. The summed E-state index contributed by atoms with van der Waals surface area (Å²) in [6, 6.07) is 12.7. The van der Waals surface area contributed by atoms with Gasteiger partial charge in [-0.05, 0) is 43.2 Å². The number of rotatable bonds is 5. The van der Waals surface area contributed by atoms with Crippen LogP contribution in [0.15, 0.2) is 48.5 Å². The number of halogens is 2. The van der Waals surface area contributed by atoms with Gasteiger partial charge >= 0.3 is 0 Å². The minimum atomic E-state index is -3.62. The average molecular weight is 411 g/mol. The number of anilines is 1. The third-order valence-electron chi connectivity index (χ3n) is 4.63. The maximum Gasteiger partial charge on any atom is 0.227 e. The van der Waals surface area contributed by atoms with Crippen LogP contribution in [-0.4, -0.2) is 31.7 Å². The lowest BCUT2D eigenvalue weighted by molar-refractivity contribution is -0.120. The number of carbonyl (C=O) groups excluding carboxylic acids is 1. The first kappa shape index (κ1) is 19.8. The minimum Gasteiger partial charge on any atom is -0.326 e. The van der Waals surface area contributed by atoms with Crippen molar-refractivity contribution in [2.24, 2.45) is 5.92 Å². The van der Waals surface area contributed by atoms with Crippen LogP contribution < -0.4 is 5.32 Å². The van der Waals surface area contributed by atoms with E-state index in [0.717, 1.165) is 0 Å². The molecule has 1 heterocycles. The Labute approximate surface area is 163 Å². The van der Waals surface area contributed by atoms with Crippen molar-refractivity contribution in [2.45, 2.75) is 18.6 Å². The largest absolute Gasteiger partial charge is 0.326 e. The molecule has 1 saturated heterocycles. The summed E-state index contributed by atoms with van der Waals surface area (Å²) < 4.78 is 40.2. The zero-order valence-electron chi connectivity index (χ0n) is 14.6. The fourth-order valence-corrected chi connectivity index (χ4v) is 4.78. The molecule has 2 aromatic carbocycles. The third-order valence-corrected chi connectivity index (χ3v) is 6.71. The minimum absolute atomic E-state index is 0.136. The SMILES string of the molecule is O=C(Nc1ccc(Cl)cc1)C1CCN(S(=O)(=O)Cc2ccccc2F)CC1. The average Bonchev–Trinajstić information content (AvgIpc) is 2.65. The van der Waals surface area contributed by atoms with Gasteiger partial charge < -0.3 is 5.32 Å².